The molecule has 8 nitrogen and oxygen atoms in total. The number of halogens is 2. The van der Waals surface area contributed by atoms with Crippen LogP contribution in [-0.4, -0.2) is 66.6 Å². The number of morpholine rings is 1. The number of nitrogens with one attached hydrogen (secondary N) is 2. The zero-order valence-corrected chi connectivity index (χ0v) is 19.2. The maximum Gasteiger partial charge on any atom is 0.219 e. The summed E-state index contributed by atoms with van der Waals surface area (Å²) in [6.45, 7) is 5.30. The lowest BCUT2D eigenvalue weighted by Crippen LogP contribution is -2.37. The number of aromatic nitrogens is 3. The van der Waals surface area contributed by atoms with Crippen molar-refractivity contribution in [2.75, 3.05) is 51.9 Å². The summed E-state index contributed by atoms with van der Waals surface area (Å²) in [6.07, 6.45) is 0.923. The molecule has 33 heavy (non-hydrogen) atoms. The average Bonchev–Trinajstić information content (AvgIpc) is 3.31. The Morgan fingerprint density at radius 1 is 1.21 bits per heavy atom. The number of ether oxygens (including phenoxy) is 3. The fourth-order valence-corrected chi connectivity index (χ4v) is 3.79. The summed E-state index contributed by atoms with van der Waals surface area (Å²) < 4.78 is 30.8. The van der Waals surface area contributed by atoms with Gasteiger partial charge in [0.25, 0.3) is 0 Å². The Balaban J connectivity index is 1.34. The van der Waals surface area contributed by atoms with E-state index in [1.807, 2.05) is 18.2 Å². The van der Waals surface area contributed by atoms with Crippen LogP contribution in [0.15, 0.2) is 36.4 Å². The molecule has 4 rings (SSSR count). The third kappa shape index (κ3) is 6.13. The molecule has 176 valence electrons. The van der Waals surface area contributed by atoms with Crippen molar-refractivity contribution in [3.8, 4) is 22.9 Å². The first kappa shape index (κ1) is 23.3. The molecule has 2 heterocycles. The topological polar surface area (TPSA) is 84.5 Å². The largest absolute Gasteiger partial charge is 0.493 e. The van der Waals surface area contributed by atoms with Crippen LogP contribution in [0, 0.1) is 5.82 Å². The zero-order valence-electron chi connectivity index (χ0n) is 18.4. The fraction of sp³-hybridized carbons (Fsp3) is 0.391. The molecule has 0 spiro atoms. The van der Waals surface area contributed by atoms with Gasteiger partial charge in [0.05, 0.1) is 26.9 Å². The first-order valence-electron chi connectivity index (χ1n) is 10.8. The van der Waals surface area contributed by atoms with Gasteiger partial charge >= 0.3 is 0 Å². The lowest BCUT2D eigenvalue weighted by molar-refractivity contribution is 0.0357. The maximum absolute atomic E-state index is 13.9. The second kappa shape index (κ2) is 11.3. The molecule has 0 radical (unpaired) electrons. The molecule has 1 aliphatic rings. The molecular weight excluding hydrogens is 449 g/mol. The van der Waals surface area contributed by atoms with E-state index in [0.29, 0.717) is 40.5 Å². The van der Waals surface area contributed by atoms with Gasteiger partial charge in [-0.25, -0.2) is 9.49 Å². The predicted octanol–water partition coefficient (Wildman–Crippen LogP) is 3.99. The highest BCUT2D eigenvalue weighted by Crippen LogP contribution is 2.32. The number of hydrogen-bond acceptors (Lipinski definition) is 7. The van der Waals surface area contributed by atoms with Crippen LogP contribution in [0.25, 0.3) is 11.4 Å². The van der Waals surface area contributed by atoms with Gasteiger partial charge in [0.15, 0.2) is 17.3 Å². The number of benzene rings is 2. The second-order valence-corrected chi connectivity index (χ2v) is 7.99. The first-order chi connectivity index (χ1) is 16.1. The van der Waals surface area contributed by atoms with Crippen LogP contribution >= 0.6 is 11.6 Å². The number of anilines is 1. The number of nitrogens with zero attached hydrogens (tertiary/aromatic N) is 3. The average molecular weight is 476 g/mol. The van der Waals surface area contributed by atoms with Crippen molar-refractivity contribution >= 4 is 17.5 Å². The van der Waals surface area contributed by atoms with Gasteiger partial charge in [0, 0.05) is 42.3 Å². The molecule has 1 saturated heterocycles. The van der Waals surface area contributed by atoms with Gasteiger partial charge in [-0.2, -0.15) is 10.1 Å². The number of aromatic amines is 1. The van der Waals surface area contributed by atoms with Crippen molar-refractivity contribution in [1.82, 2.24) is 20.1 Å². The third-order valence-corrected chi connectivity index (χ3v) is 5.74. The van der Waals surface area contributed by atoms with Crippen molar-refractivity contribution in [3.63, 3.8) is 0 Å². The monoisotopic (exact) mass is 475 g/mol. The van der Waals surface area contributed by atoms with Gasteiger partial charge < -0.3 is 19.5 Å². The molecule has 3 aromatic rings. The summed E-state index contributed by atoms with van der Waals surface area (Å²) in [5.74, 6) is 1.80. The van der Waals surface area contributed by atoms with Crippen LogP contribution in [0.2, 0.25) is 5.02 Å². The number of rotatable bonds is 10. The van der Waals surface area contributed by atoms with Gasteiger partial charge in [-0.1, -0.05) is 17.7 Å². The van der Waals surface area contributed by atoms with Crippen LogP contribution in [0.1, 0.15) is 12.0 Å². The number of methoxy groups -OCH3 is 1. The lowest BCUT2D eigenvalue weighted by atomic mass is 10.2. The molecule has 2 aromatic carbocycles. The molecule has 2 N–H and O–H groups in total. The zero-order chi connectivity index (χ0) is 23.0. The summed E-state index contributed by atoms with van der Waals surface area (Å²) in [5.41, 5.74) is 1.13. The Hall–Kier alpha value is -2.88. The van der Waals surface area contributed by atoms with Gasteiger partial charge in [-0.3, -0.25) is 4.90 Å². The van der Waals surface area contributed by atoms with E-state index in [2.05, 4.69) is 25.4 Å². The van der Waals surface area contributed by atoms with E-state index in [0.717, 1.165) is 44.8 Å². The van der Waals surface area contributed by atoms with Crippen molar-refractivity contribution < 1.29 is 18.6 Å². The quantitative estimate of drug-likeness (QED) is 0.429. The maximum atomic E-state index is 13.9. The SMILES string of the molecule is COc1cc(-c2n[nH]c(NCc3c(F)cccc3Cl)n2)ccc1OCCCN1CCOCC1. The van der Waals surface area contributed by atoms with Gasteiger partial charge in [0.1, 0.15) is 5.82 Å². The summed E-state index contributed by atoms with van der Waals surface area (Å²) in [4.78, 5) is 6.81. The Morgan fingerprint density at radius 3 is 2.85 bits per heavy atom. The minimum absolute atomic E-state index is 0.181. The van der Waals surface area contributed by atoms with Crippen LogP contribution in [0.3, 0.4) is 0 Å². The highest BCUT2D eigenvalue weighted by Gasteiger charge is 2.13. The molecule has 0 aliphatic carbocycles. The lowest BCUT2D eigenvalue weighted by Gasteiger charge is -2.26. The van der Waals surface area contributed by atoms with E-state index in [-0.39, 0.29) is 12.4 Å². The third-order valence-electron chi connectivity index (χ3n) is 5.38. The highest BCUT2D eigenvalue weighted by atomic mass is 35.5. The number of hydrogen-bond donors (Lipinski definition) is 2. The summed E-state index contributed by atoms with van der Waals surface area (Å²) in [7, 11) is 1.60. The van der Waals surface area contributed by atoms with Gasteiger partial charge in [-0.05, 0) is 36.8 Å². The smallest absolute Gasteiger partial charge is 0.219 e. The molecule has 0 bridgehead atoms. The van der Waals surface area contributed by atoms with E-state index in [4.69, 9.17) is 25.8 Å². The Labute approximate surface area is 197 Å². The van der Waals surface area contributed by atoms with Crippen molar-refractivity contribution in [2.24, 2.45) is 0 Å². The van der Waals surface area contributed by atoms with Crippen LogP contribution < -0.4 is 14.8 Å². The molecule has 10 heteroatoms. The Morgan fingerprint density at radius 2 is 2.06 bits per heavy atom. The summed E-state index contributed by atoms with van der Waals surface area (Å²) in [5, 5.41) is 10.4. The molecule has 0 atom stereocenters. The summed E-state index contributed by atoms with van der Waals surface area (Å²) in [6, 6.07) is 10.1. The minimum Gasteiger partial charge on any atom is -0.493 e. The van der Waals surface area contributed by atoms with E-state index >= 15 is 0 Å². The second-order valence-electron chi connectivity index (χ2n) is 7.58. The minimum atomic E-state index is -0.375. The molecule has 1 aromatic heterocycles. The van der Waals surface area contributed by atoms with E-state index < -0.39 is 0 Å². The molecule has 0 amide bonds. The molecule has 1 fully saturated rings. The van der Waals surface area contributed by atoms with Crippen LogP contribution in [0.5, 0.6) is 11.5 Å². The molecule has 1 aliphatic heterocycles. The van der Waals surface area contributed by atoms with Crippen molar-refractivity contribution in [3.05, 3.63) is 52.8 Å². The predicted molar refractivity (Wildman–Crippen MR) is 124 cm³/mol. The first-order valence-corrected chi connectivity index (χ1v) is 11.2. The normalized spacial score (nSPS) is 14.3. The van der Waals surface area contributed by atoms with Crippen molar-refractivity contribution in [2.45, 2.75) is 13.0 Å². The molecule has 0 saturated carbocycles. The van der Waals surface area contributed by atoms with Crippen LogP contribution in [-0.2, 0) is 11.3 Å². The Bertz CT molecular complexity index is 1040. The number of H-pyrrole nitrogens is 1. The molecule has 0 unspecified atom stereocenters. The van der Waals surface area contributed by atoms with E-state index in [1.54, 1.807) is 19.2 Å². The van der Waals surface area contributed by atoms with Crippen LogP contribution in [0.4, 0.5) is 10.3 Å². The molecular formula is C23H27ClFN5O3. The van der Waals surface area contributed by atoms with E-state index in [9.17, 15) is 4.39 Å². The Kier molecular flexibility index (Phi) is 7.98. The van der Waals surface area contributed by atoms with Gasteiger partial charge in [-0.15, -0.1) is 0 Å². The standard InChI is InChI=1S/C23H27ClFN5O3/c1-31-21-14-16(6-7-20(21)33-11-3-8-30-9-12-32-13-10-30)22-27-23(29-28-22)26-15-17-18(24)4-2-5-19(17)25/h2,4-7,14H,3,8-13,15H2,1H3,(H2,26,27,28,29). The summed E-state index contributed by atoms with van der Waals surface area (Å²) >= 11 is 6.07. The van der Waals surface area contributed by atoms with Crippen molar-refractivity contribution in [1.29, 1.82) is 0 Å². The van der Waals surface area contributed by atoms with E-state index in [1.165, 1.54) is 6.07 Å². The fourth-order valence-electron chi connectivity index (χ4n) is 3.56. The van der Waals surface area contributed by atoms with Gasteiger partial charge in [0.2, 0.25) is 5.95 Å². The highest BCUT2D eigenvalue weighted by molar-refractivity contribution is 6.31.